The van der Waals surface area contributed by atoms with Crippen LogP contribution in [0.4, 0.5) is 10.1 Å². The highest BCUT2D eigenvalue weighted by Crippen LogP contribution is 2.22. The van der Waals surface area contributed by atoms with Crippen LogP contribution in [0.5, 0.6) is 0 Å². The number of quaternary nitrogens is 1. The summed E-state index contributed by atoms with van der Waals surface area (Å²) in [6.45, 7) is 3.82. The third kappa shape index (κ3) is 5.24. The van der Waals surface area contributed by atoms with Gasteiger partial charge >= 0.3 is 10.0 Å². The van der Waals surface area contributed by atoms with Crippen molar-refractivity contribution < 1.29 is 27.1 Å². The Labute approximate surface area is 174 Å². The van der Waals surface area contributed by atoms with Gasteiger partial charge in [-0.15, -0.1) is 16.8 Å². The number of halogens is 1. The van der Waals surface area contributed by atoms with Gasteiger partial charge in [-0.25, -0.2) is 4.39 Å². The third-order valence-corrected chi connectivity index (χ3v) is 6.44. The standard InChI is InChI=1S/C20H21FN2O4S2/c1-14-3-2-4-18(22-29(25,26)16-7-5-15(21)6-8-16)17(14)13-19(28)20(24)23-9-11-27-12-10-23/h2-8,13,28H,9-12H2,1H3,(H,22,25,26)/p+2/b19-13-. The average Bonchev–Trinajstić information content (AvgIpc) is 2.70. The van der Waals surface area contributed by atoms with Crippen LogP contribution in [0.25, 0.3) is 6.08 Å². The zero-order valence-corrected chi connectivity index (χ0v) is 17.6. The number of benzene rings is 2. The van der Waals surface area contributed by atoms with Crippen molar-refractivity contribution in [1.82, 2.24) is 4.90 Å². The van der Waals surface area contributed by atoms with Crippen molar-refractivity contribution in [2.45, 2.75) is 11.8 Å². The van der Waals surface area contributed by atoms with Gasteiger partial charge in [-0.05, 0) is 42.8 Å². The Morgan fingerprint density at radius 3 is 2.55 bits per heavy atom. The number of nitrogens with two attached hydrogens (primary N) is 1. The molecule has 1 aliphatic rings. The van der Waals surface area contributed by atoms with Gasteiger partial charge in [0.15, 0.2) is 10.6 Å². The van der Waals surface area contributed by atoms with Crippen LogP contribution in [-0.2, 0) is 19.6 Å². The maximum atomic E-state index is 13.1. The Morgan fingerprint density at radius 2 is 1.90 bits per heavy atom. The van der Waals surface area contributed by atoms with E-state index in [1.807, 2.05) is 13.0 Å². The molecule has 1 fully saturated rings. The zero-order chi connectivity index (χ0) is 21.0. The average molecular weight is 439 g/mol. The van der Waals surface area contributed by atoms with Crippen molar-refractivity contribution in [1.29, 1.82) is 0 Å². The van der Waals surface area contributed by atoms with Gasteiger partial charge < -0.3 is 9.64 Å². The molecule has 9 heteroatoms. The number of aryl methyl sites for hydroxylation is 1. The Bertz CT molecular complexity index is 1030. The first-order chi connectivity index (χ1) is 13.8. The zero-order valence-electron chi connectivity index (χ0n) is 15.9. The van der Waals surface area contributed by atoms with E-state index in [1.165, 1.54) is 16.9 Å². The number of thiol groups is 1. The lowest BCUT2D eigenvalue weighted by Gasteiger charge is -2.26. The number of carbonyl (C=O) groups excluding carboxylic acids is 1. The molecule has 3 N–H and O–H groups in total. The minimum Gasteiger partial charge on any atom is -0.378 e. The molecule has 3 rings (SSSR count). The van der Waals surface area contributed by atoms with Gasteiger partial charge in [0, 0.05) is 24.7 Å². The topological polar surface area (TPSA) is 84.6 Å². The molecular formula is C20H23FN2O4S2+2. The van der Waals surface area contributed by atoms with Crippen molar-refractivity contribution in [3.8, 4) is 0 Å². The lowest BCUT2D eigenvalue weighted by atomic mass is 10.1. The summed E-state index contributed by atoms with van der Waals surface area (Å²) in [6, 6.07) is 10.2. The number of morpholine rings is 1. The summed E-state index contributed by atoms with van der Waals surface area (Å²) < 4.78 is 43.0. The van der Waals surface area contributed by atoms with Crippen LogP contribution in [0.15, 0.2) is 52.3 Å². The predicted octanol–water partition coefficient (Wildman–Crippen LogP) is 2.00. The molecule has 0 aliphatic carbocycles. The van der Waals surface area contributed by atoms with Crippen molar-refractivity contribution in [2.75, 3.05) is 26.3 Å². The number of nitrogens with zero attached hydrogens (tertiary/aromatic N) is 1. The van der Waals surface area contributed by atoms with E-state index in [9.17, 15) is 17.6 Å². The first kappa shape index (κ1) is 21.5. The maximum absolute atomic E-state index is 13.1. The fraction of sp³-hybridized carbons (Fsp3) is 0.250. The van der Waals surface area contributed by atoms with E-state index in [-0.39, 0.29) is 15.7 Å². The van der Waals surface area contributed by atoms with Crippen LogP contribution in [0, 0.1) is 12.7 Å². The fourth-order valence-electron chi connectivity index (χ4n) is 3.00. The normalized spacial score (nSPS) is 17.1. The summed E-state index contributed by atoms with van der Waals surface area (Å²) >= 11 is 4.37. The lowest BCUT2D eigenvalue weighted by molar-refractivity contribution is -0.397. The number of hydrogen-bond acceptors (Lipinski definition) is 4. The van der Waals surface area contributed by atoms with Crippen molar-refractivity contribution in [3.05, 3.63) is 64.3 Å². The van der Waals surface area contributed by atoms with Crippen LogP contribution in [0.3, 0.4) is 0 Å². The molecule has 1 saturated heterocycles. The van der Waals surface area contributed by atoms with Crippen LogP contribution in [0.2, 0.25) is 0 Å². The highest BCUT2D eigenvalue weighted by atomic mass is 32.2. The molecule has 154 valence electrons. The summed E-state index contributed by atoms with van der Waals surface area (Å²) in [5.74, 6) is -0.696. The second-order valence-electron chi connectivity index (χ2n) is 6.65. The molecule has 0 aromatic heterocycles. The smallest absolute Gasteiger partial charge is 0.378 e. The fourth-order valence-corrected chi connectivity index (χ4v) is 4.48. The SMILES string of the molecule is Cc1cccc([NH2+]S(=O)(=[OH+])c2ccc(F)cc2)c1/C=C(\S)C(=O)N1CCOCC1. The summed E-state index contributed by atoms with van der Waals surface area (Å²) in [7, 11) is -3.55. The summed E-state index contributed by atoms with van der Waals surface area (Å²) in [5, 5.41) is 0. The van der Waals surface area contributed by atoms with Crippen LogP contribution >= 0.6 is 12.6 Å². The third-order valence-electron chi connectivity index (χ3n) is 4.59. The molecule has 0 radical (unpaired) electrons. The minimum absolute atomic E-state index is 0.103. The Balaban J connectivity index is 1.91. The van der Waals surface area contributed by atoms with Gasteiger partial charge in [0.2, 0.25) is 0 Å². The molecule has 1 aliphatic heterocycles. The molecular weight excluding hydrogens is 415 g/mol. The molecule has 29 heavy (non-hydrogen) atoms. The molecule has 1 unspecified atom stereocenters. The number of carbonyl (C=O) groups is 1. The monoisotopic (exact) mass is 438 g/mol. The molecule has 1 atom stereocenters. The van der Waals surface area contributed by atoms with E-state index < -0.39 is 15.8 Å². The molecule has 6 nitrogen and oxygen atoms in total. The number of ether oxygens (including phenoxy) is 1. The van der Waals surface area contributed by atoms with Gasteiger partial charge in [0.05, 0.1) is 18.1 Å². The predicted molar refractivity (Wildman–Crippen MR) is 112 cm³/mol. The molecule has 0 spiro atoms. The largest absolute Gasteiger partial charge is 0.461 e. The number of rotatable bonds is 5. The lowest BCUT2D eigenvalue weighted by Crippen LogP contribution is -2.81. The number of amides is 1. The minimum atomic E-state index is -3.55. The Hall–Kier alpha value is -2.20. The molecule has 0 bridgehead atoms. The first-order valence-electron chi connectivity index (χ1n) is 9.02. The summed E-state index contributed by atoms with van der Waals surface area (Å²) in [6.07, 6.45) is 1.61. The molecule has 2 aromatic rings. The number of hydrogen-bond donors (Lipinski definition) is 2. The van der Waals surface area contributed by atoms with Crippen LogP contribution in [-0.4, -0.2) is 45.5 Å². The van der Waals surface area contributed by atoms with Gasteiger partial charge in [-0.1, -0.05) is 12.1 Å². The van der Waals surface area contributed by atoms with E-state index in [2.05, 4.69) is 12.6 Å². The summed E-state index contributed by atoms with van der Waals surface area (Å²) in [5.41, 5.74) is 1.94. The first-order valence-corrected chi connectivity index (χ1v) is 11.0. The molecule has 1 heterocycles. The van der Waals surface area contributed by atoms with E-state index >= 15 is 0 Å². The highest BCUT2D eigenvalue weighted by Gasteiger charge is 2.27. The Kier molecular flexibility index (Phi) is 6.74. The van der Waals surface area contributed by atoms with Gasteiger partial charge in [-0.3, -0.25) is 4.79 Å². The van der Waals surface area contributed by atoms with Gasteiger partial charge in [-0.2, -0.15) is 8.93 Å². The van der Waals surface area contributed by atoms with Gasteiger partial charge in [0.1, 0.15) is 5.82 Å². The van der Waals surface area contributed by atoms with Crippen molar-refractivity contribution >= 4 is 40.3 Å². The molecule has 1 amide bonds. The van der Waals surface area contributed by atoms with E-state index in [0.29, 0.717) is 37.6 Å². The second kappa shape index (κ2) is 9.08. The Morgan fingerprint density at radius 1 is 1.24 bits per heavy atom. The van der Waals surface area contributed by atoms with Crippen molar-refractivity contribution in [2.24, 2.45) is 0 Å². The van der Waals surface area contributed by atoms with Crippen LogP contribution < -0.4 is 4.72 Å². The van der Waals surface area contributed by atoms with Crippen LogP contribution in [0.1, 0.15) is 11.1 Å². The maximum Gasteiger partial charge on any atom is 0.461 e. The quantitative estimate of drug-likeness (QED) is 0.324. The second-order valence-corrected chi connectivity index (χ2v) is 8.98. The molecule has 2 aromatic carbocycles. The van der Waals surface area contributed by atoms with Crippen molar-refractivity contribution in [3.63, 3.8) is 0 Å². The van der Waals surface area contributed by atoms with E-state index in [1.54, 1.807) is 23.1 Å². The highest BCUT2D eigenvalue weighted by molar-refractivity contribution is 7.86. The van der Waals surface area contributed by atoms with E-state index in [0.717, 1.165) is 17.7 Å². The van der Waals surface area contributed by atoms with E-state index in [4.69, 9.17) is 4.74 Å². The van der Waals surface area contributed by atoms with Gasteiger partial charge in [0.25, 0.3) is 5.91 Å². The molecule has 0 saturated carbocycles. The summed E-state index contributed by atoms with van der Waals surface area (Å²) in [4.78, 5) is 14.6.